The number of aryl methyl sites for hydroxylation is 1. The lowest BCUT2D eigenvalue weighted by molar-refractivity contribution is -0.134. The van der Waals surface area contributed by atoms with Crippen molar-refractivity contribution in [2.75, 3.05) is 6.54 Å². The molecule has 0 bridgehead atoms. The van der Waals surface area contributed by atoms with Crippen LogP contribution < -0.4 is 0 Å². The van der Waals surface area contributed by atoms with Crippen LogP contribution in [0.15, 0.2) is 24.3 Å². The Labute approximate surface area is 114 Å². The lowest BCUT2D eigenvalue weighted by Crippen LogP contribution is -2.42. The second kappa shape index (κ2) is 6.38. The van der Waals surface area contributed by atoms with E-state index in [9.17, 15) is 4.79 Å². The summed E-state index contributed by atoms with van der Waals surface area (Å²) in [5, 5.41) is 8.74. The summed E-state index contributed by atoms with van der Waals surface area (Å²) in [5.74, 6) is 0.261. The summed E-state index contributed by atoms with van der Waals surface area (Å²) in [6, 6.07) is 9.98. The Bertz CT molecular complexity index is 473. The highest BCUT2D eigenvalue weighted by Crippen LogP contribution is 2.18. The lowest BCUT2D eigenvalue weighted by atomic mass is 10.0. The predicted octanol–water partition coefficient (Wildman–Crippen LogP) is 2.89. The summed E-state index contributed by atoms with van der Waals surface area (Å²) < 4.78 is 0. The molecule has 1 fully saturated rings. The van der Waals surface area contributed by atoms with Crippen molar-refractivity contribution in [1.29, 1.82) is 5.26 Å². The minimum absolute atomic E-state index is 0.261. The van der Waals surface area contributed by atoms with Crippen molar-refractivity contribution in [2.24, 2.45) is 0 Å². The first-order valence-corrected chi connectivity index (χ1v) is 6.99. The van der Waals surface area contributed by atoms with Crippen LogP contribution in [0.3, 0.4) is 0 Å². The van der Waals surface area contributed by atoms with Crippen LogP contribution in [0.2, 0.25) is 0 Å². The van der Waals surface area contributed by atoms with Crippen LogP contribution >= 0.6 is 0 Å². The highest BCUT2D eigenvalue weighted by Gasteiger charge is 2.22. The average molecular weight is 256 g/mol. The van der Waals surface area contributed by atoms with Crippen molar-refractivity contribution in [3.05, 3.63) is 35.4 Å². The summed E-state index contributed by atoms with van der Waals surface area (Å²) in [4.78, 5) is 14.2. The van der Waals surface area contributed by atoms with Crippen LogP contribution in [-0.4, -0.2) is 23.4 Å². The van der Waals surface area contributed by atoms with Crippen molar-refractivity contribution < 1.29 is 4.79 Å². The molecule has 0 radical (unpaired) electrons. The largest absolute Gasteiger partial charge is 0.340 e. The third-order valence-electron chi connectivity index (χ3n) is 3.83. The molecule has 1 saturated heterocycles. The van der Waals surface area contributed by atoms with Gasteiger partial charge in [-0.1, -0.05) is 12.1 Å². The Hall–Kier alpha value is -1.82. The van der Waals surface area contributed by atoms with E-state index < -0.39 is 0 Å². The molecule has 0 aromatic heterocycles. The summed E-state index contributed by atoms with van der Waals surface area (Å²) in [5.41, 5.74) is 1.79. The molecule has 1 atom stereocenters. The molecule has 1 aliphatic heterocycles. The summed E-state index contributed by atoms with van der Waals surface area (Å²) in [7, 11) is 0. The molecule has 0 aliphatic carbocycles. The van der Waals surface area contributed by atoms with E-state index in [1.54, 1.807) is 0 Å². The summed E-state index contributed by atoms with van der Waals surface area (Å²) in [6.45, 7) is 3.05. The maximum absolute atomic E-state index is 12.2. The van der Waals surface area contributed by atoms with E-state index in [0.29, 0.717) is 18.0 Å². The molecule has 100 valence electrons. The molecule has 3 nitrogen and oxygen atoms in total. The van der Waals surface area contributed by atoms with E-state index in [-0.39, 0.29) is 5.91 Å². The zero-order valence-electron chi connectivity index (χ0n) is 11.4. The zero-order valence-corrected chi connectivity index (χ0v) is 11.4. The maximum Gasteiger partial charge on any atom is 0.223 e. The van der Waals surface area contributed by atoms with Gasteiger partial charge < -0.3 is 4.90 Å². The second-order valence-electron chi connectivity index (χ2n) is 5.24. The molecule has 2 rings (SSSR count). The van der Waals surface area contributed by atoms with Gasteiger partial charge in [-0.3, -0.25) is 4.79 Å². The van der Waals surface area contributed by atoms with Gasteiger partial charge in [0.2, 0.25) is 5.91 Å². The van der Waals surface area contributed by atoms with E-state index >= 15 is 0 Å². The van der Waals surface area contributed by atoms with Gasteiger partial charge in [0.1, 0.15) is 0 Å². The minimum Gasteiger partial charge on any atom is -0.340 e. The van der Waals surface area contributed by atoms with Crippen LogP contribution in [0, 0.1) is 11.3 Å². The van der Waals surface area contributed by atoms with Gasteiger partial charge in [-0.2, -0.15) is 5.26 Å². The van der Waals surface area contributed by atoms with Crippen LogP contribution in [-0.2, 0) is 11.2 Å². The molecule has 1 aliphatic rings. The van der Waals surface area contributed by atoms with Crippen LogP contribution in [0.1, 0.15) is 43.7 Å². The Kier molecular flexibility index (Phi) is 4.57. The first-order chi connectivity index (χ1) is 9.20. The number of hydrogen-bond acceptors (Lipinski definition) is 2. The molecule has 1 amide bonds. The van der Waals surface area contributed by atoms with Crippen LogP contribution in [0.25, 0.3) is 0 Å². The van der Waals surface area contributed by atoms with Crippen molar-refractivity contribution in [3.8, 4) is 6.07 Å². The lowest BCUT2D eigenvalue weighted by Gasteiger charge is -2.33. The smallest absolute Gasteiger partial charge is 0.223 e. The number of hydrogen-bond donors (Lipinski definition) is 0. The summed E-state index contributed by atoms with van der Waals surface area (Å²) in [6.07, 6.45) is 4.82. The van der Waals surface area contributed by atoms with Crippen molar-refractivity contribution in [1.82, 2.24) is 4.90 Å². The van der Waals surface area contributed by atoms with Crippen molar-refractivity contribution >= 4 is 5.91 Å². The first kappa shape index (κ1) is 13.6. The third kappa shape index (κ3) is 3.57. The minimum atomic E-state index is 0.261. The Morgan fingerprint density at radius 2 is 2.11 bits per heavy atom. The number of likely N-dealkylation sites (tertiary alicyclic amines) is 1. The number of nitrogens with zero attached hydrogens (tertiary/aromatic N) is 2. The van der Waals surface area contributed by atoms with Gasteiger partial charge in [0.05, 0.1) is 11.6 Å². The molecule has 0 spiro atoms. The molecule has 19 heavy (non-hydrogen) atoms. The maximum atomic E-state index is 12.2. The van der Waals surface area contributed by atoms with E-state index in [2.05, 4.69) is 13.0 Å². The Morgan fingerprint density at radius 1 is 1.37 bits per heavy atom. The predicted molar refractivity (Wildman–Crippen MR) is 74.5 cm³/mol. The van der Waals surface area contributed by atoms with Gasteiger partial charge in [-0.25, -0.2) is 0 Å². The molecule has 0 saturated carbocycles. The molecule has 1 aromatic carbocycles. The monoisotopic (exact) mass is 256 g/mol. The zero-order chi connectivity index (χ0) is 13.7. The van der Waals surface area contributed by atoms with Gasteiger partial charge >= 0.3 is 0 Å². The van der Waals surface area contributed by atoms with E-state index in [4.69, 9.17) is 5.26 Å². The normalized spacial score (nSPS) is 18.9. The highest BCUT2D eigenvalue weighted by atomic mass is 16.2. The first-order valence-electron chi connectivity index (χ1n) is 6.99. The number of rotatable bonds is 3. The fraction of sp³-hybridized carbons (Fsp3) is 0.500. The van der Waals surface area contributed by atoms with E-state index in [1.165, 1.54) is 6.42 Å². The van der Waals surface area contributed by atoms with E-state index in [0.717, 1.165) is 31.4 Å². The molecular weight excluding hydrogens is 236 g/mol. The Balaban J connectivity index is 1.87. The van der Waals surface area contributed by atoms with Gasteiger partial charge in [-0.15, -0.1) is 0 Å². The average Bonchev–Trinajstić information content (AvgIpc) is 2.46. The van der Waals surface area contributed by atoms with Crippen molar-refractivity contribution in [3.63, 3.8) is 0 Å². The quantitative estimate of drug-likeness (QED) is 0.834. The van der Waals surface area contributed by atoms with Gasteiger partial charge in [0, 0.05) is 19.0 Å². The number of carbonyl (C=O) groups is 1. The van der Waals surface area contributed by atoms with Gasteiger partial charge in [-0.05, 0) is 50.3 Å². The molecule has 3 heteroatoms. The number of carbonyl (C=O) groups excluding carboxylic acids is 1. The third-order valence-corrected chi connectivity index (χ3v) is 3.83. The standard InChI is InChI=1S/C16H20N2O/c1-13-4-2-3-11-18(13)16(19)10-9-14-5-7-15(12-17)8-6-14/h5-8,13H,2-4,9-11H2,1H3. The second-order valence-corrected chi connectivity index (χ2v) is 5.24. The number of benzene rings is 1. The molecule has 1 aromatic rings. The molecular formula is C16H20N2O. The van der Waals surface area contributed by atoms with Gasteiger partial charge in [0.25, 0.3) is 0 Å². The van der Waals surface area contributed by atoms with Crippen molar-refractivity contribution in [2.45, 2.75) is 45.1 Å². The summed E-state index contributed by atoms with van der Waals surface area (Å²) >= 11 is 0. The molecule has 1 heterocycles. The SMILES string of the molecule is CC1CCCCN1C(=O)CCc1ccc(C#N)cc1. The van der Waals surface area contributed by atoms with E-state index in [1.807, 2.05) is 29.2 Å². The number of amides is 1. The Morgan fingerprint density at radius 3 is 2.74 bits per heavy atom. The fourth-order valence-electron chi connectivity index (χ4n) is 2.61. The van der Waals surface area contributed by atoms with Gasteiger partial charge in [0.15, 0.2) is 0 Å². The highest BCUT2D eigenvalue weighted by molar-refractivity contribution is 5.76. The molecule has 1 unspecified atom stereocenters. The topological polar surface area (TPSA) is 44.1 Å². The van der Waals surface area contributed by atoms with Crippen LogP contribution in [0.5, 0.6) is 0 Å². The molecule has 0 N–H and O–H groups in total. The fourth-order valence-corrected chi connectivity index (χ4v) is 2.61. The number of piperidine rings is 1. The number of nitriles is 1. The van der Waals surface area contributed by atoms with Crippen LogP contribution in [0.4, 0.5) is 0 Å².